The van der Waals surface area contributed by atoms with Crippen LogP contribution in [0.5, 0.6) is 0 Å². The first-order valence-electron chi connectivity index (χ1n) is 9.54. The average Bonchev–Trinajstić information content (AvgIpc) is 2.72. The third-order valence-corrected chi connectivity index (χ3v) is 6.15. The Morgan fingerprint density at radius 3 is 2.33 bits per heavy atom. The third kappa shape index (κ3) is 3.16. The smallest absolute Gasteiger partial charge is 0.305 e. The summed E-state index contributed by atoms with van der Waals surface area (Å²) in [5.74, 6) is -2.97. The van der Waals surface area contributed by atoms with Gasteiger partial charge in [0.15, 0.2) is 0 Å². The lowest BCUT2D eigenvalue weighted by atomic mass is 9.55. The van der Waals surface area contributed by atoms with E-state index >= 15 is 0 Å². The van der Waals surface area contributed by atoms with Crippen LogP contribution in [0.1, 0.15) is 30.9 Å². The molecule has 1 aromatic rings. The number of hydrogen-bond acceptors (Lipinski definition) is 5. The first kappa shape index (κ1) is 21.6. The molecule has 0 amide bonds. The zero-order valence-corrected chi connectivity index (χ0v) is 16.5. The molecule has 0 radical (unpaired) electrons. The summed E-state index contributed by atoms with van der Waals surface area (Å²) in [7, 11) is 0. The number of fused-ring (bicyclic) bond motifs is 1. The summed E-state index contributed by atoms with van der Waals surface area (Å²) in [5.41, 5.74) is -2.98. The molecule has 1 heterocycles. The van der Waals surface area contributed by atoms with E-state index in [0.29, 0.717) is 18.7 Å². The maximum atomic E-state index is 13.8. The molecule has 1 fully saturated rings. The van der Waals surface area contributed by atoms with Gasteiger partial charge in [-0.25, -0.2) is 0 Å². The van der Waals surface area contributed by atoms with Gasteiger partial charge >= 0.3 is 6.18 Å². The van der Waals surface area contributed by atoms with E-state index < -0.39 is 40.6 Å². The van der Waals surface area contributed by atoms with Crippen LogP contribution in [0.2, 0.25) is 0 Å². The SMILES string of the molecule is CC(C)N1CC=C2[C@@H](C1)[C@H](c1ccccc1C(F)(F)F)[C@@H](C#N)C(=N)C2(C#N)C#N. The Bertz CT molecular complexity index is 1000. The second kappa shape index (κ2) is 7.59. The lowest BCUT2D eigenvalue weighted by Gasteiger charge is -2.48. The van der Waals surface area contributed by atoms with Crippen LogP contribution >= 0.6 is 0 Å². The number of nitriles is 3. The molecule has 1 aromatic carbocycles. The normalized spacial score (nSPS) is 26.2. The van der Waals surface area contributed by atoms with E-state index in [1.807, 2.05) is 37.0 Å². The van der Waals surface area contributed by atoms with Gasteiger partial charge < -0.3 is 5.41 Å². The summed E-state index contributed by atoms with van der Waals surface area (Å²) in [4.78, 5) is 2.03. The molecule has 1 saturated carbocycles. The molecule has 1 aliphatic heterocycles. The topological polar surface area (TPSA) is 98.5 Å². The zero-order valence-electron chi connectivity index (χ0n) is 16.5. The molecule has 154 valence electrons. The Hall–Kier alpha value is -3.15. The monoisotopic (exact) mass is 411 g/mol. The fourth-order valence-electron chi connectivity index (χ4n) is 4.61. The Balaban J connectivity index is 2.29. The number of nitrogens with zero attached hydrogens (tertiary/aromatic N) is 4. The highest BCUT2D eigenvalue weighted by Gasteiger charge is 2.57. The highest BCUT2D eigenvalue weighted by Crippen LogP contribution is 2.54. The van der Waals surface area contributed by atoms with Gasteiger partial charge in [0.05, 0.1) is 35.4 Å². The van der Waals surface area contributed by atoms with Gasteiger partial charge in [0.2, 0.25) is 5.41 Å². The minimum atomic E-state index is -4.63. The maximum Gasteiger partial charge on any atom is 0.416 e. The van der Waals surface area contributed by atoms with E-state index in [-0.39, 0.29) is 11.6 Å². The average molecular weight is 411 g/mol. The van der Waals surface area contributed by atoms with E-state index in [0.717, 1.165) is 6.07 Å². The third-order valence-electron chi connectivity index (χ3n) is 6.15. The number of halogens is 3. The van der Waals surface area contributed by atoms with Crippen LogP contribution in [0.25, 0.3) is 0 Å². The number of benzene rings is 1. The first-order valence-corrected chi connectivity index (χ1v) is 9.54. The van der Waals surface area contributed by atoms with Crippen molar-refractivity contribution in [2.24, 2.45) is 17.3 Å². The quantitative estimate of drug-likeness (QED) is 0.735. The van der Waals surface area contributed by atoms with Crippen molar-refractivity contribution < 1.29 is 13.2 Å². The lowest BCUT2D eigenvalue weighted by Crippen LogP contribution is -2.53. The zero-order chi connectivity index (χ0) is 22.3. The van der Waals surface area contributed by atoms with Crippen molar-refractivity contribution in [1.82, 2.24) is 4.90 Å². The van der Waals surface area contributed by atoms with Gasteiger partial charge in [-0.15, -0.1) is 0 Å². The second-order valence-electron chi connectivity index (χ2n) is 7.92. The summed E-state index contributed by atoms with van der Waals surface area (Å²) < 4.78 is 41.3. The molecule has 5 nitrogen and oxygen atoms in total. The minimum Gasteiger partial charge on any atom is -0.305 e. The fourth-order valence-corrected chi connectivity index (χ4v) is 4.61. The molecule has 1 aliphatic carbocycles. The summed E-state index contributed by atoms with van der Waals surface area (Å²) >= 11 is 0. The van der Waals surface area contributed by atoms with E-state index in [2.05, 4.69) is 0 Å². The molecular formula is C22H20F3N5. The van der Waals surface area contributed by atoms with Crippen LogP contribution in [-0.4, -0.2) is 29.7 Å². The van der Waals surface area contributed by atoms with Gasteiger partial charge in [-0.2, -0.15) is 29.0 Å². The molecule has 1 N–H and O–H groups in total. The summed E-state index contributed by atoms with van der Waals surface area (Å²) in [5, 5.41) is 38.0. The number of hydrogen-bond donors (Lipinski definition) is 1. The van der Waals surface area contributed by atoms with Crippen LogP contribution in [0.15, 0.2) is 35.9 Å². The molecule has 30 heavy (non-hydrogen) atoms. The standard InChI is InChI=1S/C22H20F3N5/c1-13(2)30-8-7-17-16(10-30)19(14-5-3-4-6-18(14)22(23,24)25)15(9-26)20(29)21(17,11-27)12-28/h3-7,13,15-16,19,29H,8,10H2,1-2H3/t15-,16-,19-/m1/s1. The van der Waals surface area contributed by atoms with E-state index in [1.54, 1.807) is 6.08 Å². The van der Waals surface area contributed by atoms with Crippen molar-refractivity contribution in [3.05, 3.63) is 47.0 Å². The Kier molecular flexibility index (Phi) is 5.46. The lowest BCUT2D eigenvalue weighted by molar-refractivity contribution is -0.138. The first-order chi connectivity index (χ1) is 14.1. The molecule has 3 atom stereocenters. The molecule has 0 spiro atoms. The van der Waals surface area contributed by atoms with E-state index in [1.165, 1.54) is 18.2 Å². The second-order valence-corrected chi connectivity index (χ2v) is 7.92. The molecule has 2 aliphatic rings. The number of alkyl halides is 3. The van der Waals surface area contributed by atoms with Gasteiger partial charge in [-0.3, -0.25) is 4.90 Å². The number of rotatable bonds is 2. The van der Waals surface area contributed by atoms with Crippen LogP contribution in [-0.2, 0) is 6.18 Å². The Morgan fingerprint density at radius 2 is 1.80 bits per heavy atom. The molecule has 0 saturated heterocycles. The minimum absolute atomic E-state index is 0.0766. The van der Waals surface area contributed by atoms with Crippen molar-refractivity contribution >= 4 is 5.71 Å². The summed E-state index contributed by atoms with van der Waals surface area (Å²) in [6.45, 7) is 4.63. The highest BCUT2D eigenvalue weighted by atomic mass is 19.4. The van der Waals surface area contributed by atoms with Gasteiger partial charge in [0, 0.05) is 31.0 Å². The van der Waals surface area contributed by atoms with Crippen molar-refractivity contribution in [2.75, 3.05) is 13.1 Å². The van der Waals surface area contributed by atoms with Gasteiger partial charge in [-0.05, 0) is 31.1 Å². The molecule has 0 unspecified atom stereocenters. The van der Waals surface area contributed by atoms with Crippen molar-refractivity contribution in [1.29, 1.82) is 21.2 Å². The predicted molar refractivity (Wildman–Crippen MR) is 103 cm³/mol. The van der Waals surface area contributed by atoms with Gasteiger partial charge in [-0.1, -0.05) is 24.3 Å². The van der Waals surface area contributed by atoms with Gasteiger partial charge in [0.25, 0.3) is 0 Å². The van der Waals surface area contributed by atoms with Crippen molar-refractivity contribution in [3.8, 4) is 18.2 Å². The summed E-state index contributed by atoms with van der Waals surface area (Å²) in [6.07, 6.45) is -2.94. The number of nitrogens with one attached hydrogen (secondary N) is 1. The largest absolute Gasteiger partial charge is 0.416 e. The molecule has 0 aromatic heterocycles. The molecule has 0 bridgehead atoms. The summed E-state index contributed by atoms with van der Waals surface area (Å²) in [6, 6.07) is 10.9. The van der Waals surface area contributed by atoms with Crippen molar-refractivity contribution in [3.63, 3.8) is 0 Å². The van der Waals surface area contributed by atoms with Crippen LogP contribution in [0, 0.1) is 56.7 Å². The van der Waals surface area contributed by atoms with Crippen LogP contribution < -0.4 is 0 Å². The van der Waals surface area contributed by atoms with E-state index in [9.17, 15) is 29.0 Å². The fraction of sp³-hybridized carbons (Fsp3) is 0.455. The molecule has 8 heteroatoms. The molecule has 3 rings (SSSR count). The van der Waals surface area contributed by atoms with Crippen LogP contribution in [0.4, 0.5) is 13.2 Å². The van der Waals surface area contributed by atoms with Gasteiger partial charge in [0.1, 0.15) is 0 Å². The Labute approximate surface area is 173 Å². The maximum absolute atomic E-state index is 13.8. The predicted octanol–water partition coefficient (Wildman–Crippen LogP) is 4.26. The molecular weight excluding hydrogens is 391 g/mol. The highest BCUT2D eigenvalue weighted by molar-refractivity contribution is 6.01. The van der Waals surface area contributed by atoms with Crippen molar-refractivity contribution in [2.45, 2.75) is 32.0 Å². The van der Waals surface area contributed by atoms with E-state index in [4.69, 9.17) is 5.41 Å². The van der Waals surface area contributed by atoms with Crippen LogP contribution in [0.3, 0.4) is 0 Å². The Morgan fingerprint density at radius 1 is 1.17 bits per heavy atom.